The third kappa shape index (κ3) is 3.89. The summed E-state index contributed by atoms with van der Waals surface area (Å²) in [6.07, 6.45) is 2.79. The van der Waals surface area contributed by atoms with Gasteiger partial charge in [0.1, 0.15) is 0 Å². The first-order chi connectivity index (χ1) is 8.90. The monoisotopic (exact) mass is 251 g/mol. The van der Waals surface area contributed by atoms with E-state index in [1.807, 2.05) is 12.1 Å². The lowest BCUT2D eigenvalue weighted by molar-refractivity contribution is 0.283. The van der Waals surface area contributed by atoms with Crippen molar-refractivity contribution in [3.8, 4) is 11.5 Å². The Morgan fingerprint density at radius 1 is 1.11 bits per heavy atom. The van der Waals surface area contributed by atoms with Crippen LogP contribution in [0.5, 0.6) is 11.5 Å². The van der Waals surface area contributed by atoms with E-state index in [1.165, 1.54) is 5.56 Å². The van der Waals surface area contributed by atoms with Crippen molar-refractivity contribution < 1.29 is 14.6 Å². The van der Waals surface area contributed by atoms with Gasteiger partial charge in [-0.3, -0.25) is 0 Å². The molecule has 0 aliphatic carbocycles. The van der Waals surface area contributed by atoms with Gasteiger partial charge in [0.25, 0.3) is 0 Å². The number of aliphatic hydroxyl groups is 1. The number of ether oxygens (including phenoxy) is 2. The smallest absolute Gasteiger partial charge is 0.161 e. The van der Waals surface area contributed by atoms with E-state index in [0.717, 1.165) is 57.1 Å². The number of benzene rings is 1. The average Bonchev–Trinajstić information content (AvgIpc) is 2.63. The van der Waals surface area contributed by atoms with Crippen molar-refractivity contribution in [2.45, 2.75) is 25.8 Å². The number of unbranched alkanes of at least 4 members (excludes halogenated alkanes) is 1. The number of hydrogen-bond donors (Lipinski definition) is 2. The van der Waals surface area contributed by atoms with Crippen LogP contribution in [0.3, 0.4) is 0 Å². The second-order valence-electron chi connectivity index (χ2n) is 4.44. The number of fused-ring (bicyclic) bond motifs is 1. The maximum atomic E-state index is 8.68. The topological polar surface area (TPSA) is 50.7 Å². The van der Waals surface area contributed by atoms with Crippen LogP contribution < -0.4 is 14.8 Å². The molecule has 0 spiro atoms. The summed E-state index contributed by atoms with van der Waals surface area (Å²) in [5.74, 6) is 1.69. The molecule has 18 heavy (non-hydrogen) atoms. The van der Waals surface area contributed by atoms with Gasteiger partial charge in [0.15, 0.2) is 11.5 Å². The highest BCUT2D eigenvalue weighted by Gasteiger charge is 2.10. The SMILES string of the molecule is OCCCCNCc1ccc2c(c1)OCCCO2. The second-order valence-corrected chi connectivity index (χ2v) is 4.44. The molecule has 0 aromatic heterocycles. The van der Waals surface area contributed by atoms with Crippen LogP contribution in [-0.2, 0) is 6.54 Å². The number of rotatable bonds is 6. The van der Waals surface area contributed by atoms with Gasteiger partial charge in [0, 0.05) is 19.6 Å². The van der Waals surface area contributed by atoms with Crippen LogP contribution in [0, 0.1) is 0 Å². The van der Waals surface area contributed by atoms with Gasteiger partial charge >= 0.3 is 0 Å². The lowest BCUT2D eigenvalue weighted by Gasteiger charge is -2.10. The molecule has 0 unspecified atom stereocenters. The molecule has 4 heteroatoms. The Morgan fingerprint density at radius 2 is 1.94 bits per heavy atom. The van der Waals surface area contributed by atoms with E-state index in [4.69, 9.17) is 14.6 Å². The lowest BCUT2D eigenvalue weighted by Crippen LogP contribution is -2.15. The normalized spacial score (nSPS) is 14.3. The van der Waals surface area contributed by atoms with Crippen molar-refractivity contribution >= 4 is 0 Å². The van der Waals surface area contributed by atoms with E-state index < -0.39 is 0 Å². The van der Waals surface area contributed by atoms with Crippen molar-refractivity contribution in [2.75, 3.05) is 26.4 Å². The predicted octanol–water partition coefficient (Wildman–Crippen LogP) is 1.71. The molecule has 0 bridgehead atoms. The minimum Gasteiger partial charge on any atom is -0.490 e. The molecule has 2 N–H and O–H groups in total. The van der Waals surface area contributed by atoms with Crippen LogP contribution >= 0.6 is 0 Å². The van der Waals surface area contributed by atoms with E-state index >= 15 is 0 Å². The van der Waals surface area contributed by atoms with Crippen LogP contribution in [0.25, 0.3) is 0 Å². The van der Waals surface area contributed by atoms with Crippen LogP contribution in [-0.4, -0.2) is 31.5 Å². The fourth-order valence-electron chi connectivity index (χ4n) is 1.91. The highest BCUT2D eigenvalue weighted by molar-refractivity contribution is 5.43. The second kappa shape index (κ2) is 7.24. The minimum absolute atomic E-state index is 0.270. The van der Waals surface area contributed by atoms with Gasteiger partial charge in [0.2, 0.25) is 0 Å². The summed E-state index contributed by atoms with van der Waals surface area (Å²) >= 11 is 0. The zero-order valence-electron chi connectivity index (χ0n) is 10.7. The third-order valence-corrected chi connectivity index (χ3v) is 2.90. The highest BCUT2D eigenvalue weighted by Crippen LogP contribution is 2.30. The van der Waals surface area contributed by atoms with E-state index in [0.29, 0.717) is 0 Å². The van der Waals surface area contributed by atoms with E-state index in [-0.39, 0.29) is 6.61 Å². The van der Waals surface area contributed by atoms with Crippen LogP contribution in [0.15, 0.2) is 18.2 Å². The predicted molar refractivity (Wildman–Crippen MR) is 70.1 cm³/mol. The molecule has 0 fully saturated rings. The molecule has 1 aliphatic rings. The first-order valence-corrected chi connectivity index (χ1v) is 6.60. The average molecular weight is 251 g/mol. The van der Waals surface area contributed by atoms with Gasteiger partial charge in [0.05, 0.1) is 13.2 Å². The summed E-state index contributed by atoms with van der Waals surface area (Å²) in [5, 5.41) is 12.0. The molecule has 2 rings (SSSR count). The molecular weight excluding hydrogens is 230 g/mol. The number of aliphatic hydroxyl groups excluding tert-OH is 1. The molecule has 1 aromatic rings. The van der Waals surface area contributed by atoms with Crippen molar-refractivity contribution in [1.29, 1.82) is 0 Å². The lowest BCUT2D eigenvalue weighted by atomic mass is 10.2. The van der Waals surface area contributed by atoms with Gasteiger partial charge in [-0.2, -0.15) is 0 Å². The van der Waals surface area contributed by atoms with Gasteiger partial charge in [-0.1, -0.05) is 6.07 Å². The van der Waals surface area contributed by atoms with Crippen LogP contribution in [0.4, 0.5) is 0 Å². The van der Waals surface area contributed by atoms with Crippen molar-refractivity contribution in [3.63, 3.8) is 0 Å². The molecule has 0 amide bonds. The third-order valence-electron chi connectivity index (χ3n) is 2.90. The number of hydrogen-bond acceptors (Lipinski definition) is 4. The van der Waals surface area contributed by atoms with Gasteiger partial charge in [-0.15, -0.1) is 0 Å². The Balaban J connectivity index is 1.84. The molecule has 1 heterocycles. The first kappa shape index (κ1) is 13.2. The molecule has 1 aromatic carbocycles. The molecule has 0 radical (unpaired) electrons. The van der Waals surface area contributed by atoms with Gasteiger partial charge < -0.3 is 19.9 Å². The van der Waals surface area contributed by atoms with E-state index in [1.54, 1.807) is 0 Å². The Kier molecular flexibility index (Phi) is 5.30. The maximum Gasteiger partial charge on any atom is 0.161 e. The Morgan fingerprint density at radius 3 is 2.78 bits per heavy atom. The summed E-state index contributed by atoms with van der Waals surface area (Å²) in [6.45, 7) is 3.47. The standard InChI is InChI=1S/C14H21NO3/c16-7-2-1-6-15-11-12-4-5-13-14(10-12)18-9-3-8-17-13/h4-5,10,15-16H,1-3,6-9,11H2. The molecule has 0 saturated heterocycles. The van der Waals surface area contributed by atoms with Crippen molar-refractivity contribution in [1.82, 2.24) is 5.32 Å². The number of nitrogens with one attached hydrogen (secondary N) is 1. The first-order valence-electron chi connectivity index (χ1n) is 6.60. The molecular formula is C14H21NO3. The van der Waals surface area contributed by atoms with Crippen molar-refractivity contribution in [3.05, 3.63) is 23.8 Å². The molecule has 4 nitrogen and oxygen atoms in total. The Bertz CT molecular complexity index is 368. The quantitative estimate of drug-likeness (QED) is 0.756. The van der Waals surface area contributed by atoms with E-state index in [9.17, 15) is 0 Å². The fraction of sp³-hybridized carbons (Fsp3) is 0.571. The highest BCUT2D eigenvalue weighted by atomic mass is 16.5. The molecule has 0 atom stereocenters. The summed E-state index contributed by atoms with van der Waals surface area (Å²) in [4.78, 5) is 0. The molecule has 1 aliphatic heterocycles. The minimum atomic E-state index is 0.270. The molecule has 0 saturated carbocycles. The Hall–Kier alpha value is -1.26. The van der Waals surface area contributed by atoms with Gasteiger partial charge in [-0.05, 0) is 37.1 Å². The van der Waals surface area contributed by atoms with Gasteiger partial charge in [-0.25, -0.2) is 0 Å². The molecule has 100 valence electrons. The Labute approximate surface area is 108 Å². The summed E-state index contributed by atoms with van der Waals surface area (Å²) < 4.78 is 11.2. The maximum absolute atomic E-state index is 8.68. The summed E-state index contributed by atoms with van der Waals surface area (Å²) in [5.41, 5.74) is 1.20. The summed E-state index contributed by atoms with van der Waals surface area (Å²) in [7, 11) is 0. The van der Waals surface area contributed by atoms with Crippen LogP contribution in [0.1, 0.15) is 24.8 Å². The van der Waals surface area contributed by atoms with E-state index in [2.05, 4.69) is 11.4 Å². The van der Waals surface area contributed by atoms with Crippen molar-refractivity contribution in [2.24, 2.45) is 0 Å². The van der Waals surface area contributed by atoms with Crippen LogP contribution in [0.2, 0.25) is 0 Å². The fourth-order valence-corrected chi connectivity index (χ4v) is 1.91. The largest absolute Gasteiger partial charge is 0.490 e. The zero-order valence-corrected chi connectivity index (χ0v) is 10.7. The zero-order chi connectivity index (χ0) is 12.6. The summed E-state index contributed by atoms with van der Waals surface area (Å²) in [6, 6.07) is 6.08.